The van der Waals surface area contributed by atoms with E-state index in [1.165, 1.54) is 0 Å². The molecule has 0 N–H and O–H groups in total. The third kappa shape index (κ3) is 81.2. The van der Waals surface area contributed by atoms with E-state index in [-0.39, 0.29) is 17.1 Å². The minimum atomic E-state index is -6.00. The van der Waals surface area contributed by atoms with Crippen LogP contribution in [0.15, 0.2) is 24.3 Å². The largest absolute Gasteiger partial charge is 0.0767 e. The summed E-state index contributed by atoms with van der Waals surface area (Å²) < 4.78 is 54.0. The van der Waals surface area contributed by atoms with Gasteiger partial charge in [0.1, 0.15) is 0 Å². The maximum Gasteiger partial charge on any atom is 0.00506 e. The van der Waals surface area contributed by atoms with Gasteiger partial charge in [-0.2, -0.15) is 0 Å². The van der Waals surface area contributed by atoms with E-state index in [0.29, 0.717) is 10.3 Å². The summed E-state index contributed by atoms with van der Waals surface area (Å²) in [7, 11) is -4.95. The van der Waals surface area contributed by atoms with Crippen molar-refractivity contribution in [1.29, 1.82) is 0 Å². The van der Waals surface area contributed by atoms with Crippen LogP contribution in [0.25, 0.3) is 0 Å². The molecule has 9 heteroatoms. The van der Waals surface area contributed by atoms with Gasteiger partial charge in [0, 0.05) is 23.5 Å². The van der Waals surface area contributed by atoms with Crippen molar-refractivity contribution in [3.63, 3.8) is 0 Å². The molecule has 0 amide bonds. The van der Waals surface area contributed by atoms with Crippen molar-refractivity contribution < 1.29 is 43.6 Å². The van der Waals surface area contributed by atoms with Gasteiger partial charge in [0.15, 0.2) is 0 Å². The topological polar surface area (TPSA) is 39.8 Å². The van der Waals surface area contributed by atoms with Crippen LogP contribution in [0.1, 0.15) is 41.5 Å². The minimum absolute atomic E-state index is 0. The van der Waals surface area contributed by atoms with E-state index < -0.39 is 7.25 Å². The fraction of sp³-hybridized carbons (Fsp3) is 0.533. The second-order valence-corrected chi connectivity index (χ2v) is 9.33. The summed E-state index contributed by atoms with van der Waals surface area (Å²) in [5.74, 6) is 0. The van der Waals surface area contributed by atoms with Gasteiger partial charge in [0.25, 0.3) is 0 Å². The first kappa shape index (κ1) is 34.9. The molecule has 1 radical (unpaired) electrons. The molecule has 24 heavy (non-hydrogen) atoms. The van der Waals surface area contributed by atoms with Gasteiger partial charge in [-0.1, -0.05) is 65.8 Å². The molecule has 0 unspecified atom stereocenters. The predicted molar refractivity (Wildman–Crippen MR) is 88.4 cm³/mol. The first-order valence-electron chi connectivity index (χ1n) is 6.45. The molecular weight excluding hydrogens is 386 g/mol. The molecule has 0 aliphatic heterocycles. The van der Waals surface area contributed by atoms with Crippen LogP contribution in [0.4, 0.5) is 17.3 Å². The van der Waals surface area contributed by atoms with Crippen LogP contribution in [-0.2, 0) is 26.4 Å². The van der Waals surface area contributed by atoms with E-state index in [1.54, 1.807) is 0 Å². The molecule has 0 atom stereocenters. The molecule has 1 aliphatic rings. The number of allylic oxidation sites excluding steroid dienone is 4. The van der Waals surface area contributed by atoms with Crippen molar-refractivity contribution in [2.45, 2.75) is 51.9 Å². The second kappa shape index (κ2) is 19.0. The summed E-state index contributed by atoms with van der Waals surface area (Å²) in [5, 5.41) is 1.02. The molecule has 0 spiro atoms. The zero-order valence-corrected chi connectivity index (χ0v) is 16.8. The fourth-order valence-corrected chi connectivity index (χ4v) is 3.70. The molecule has 1 rings (SSSR count). The van der Waals surface area contributed by atoms with Gasteiger partial charge in [-0.3, -0.25) is 0 Å². The second-order valence-electron chi connectivity index (χ2n) is 6.08. The maximum atomic E-state index is 9.75. The van der Waals surface area contributed by atoms with Crippen molar-refractivity contribution in [2.75, 3.05) is 0 Å². The van der Waals surface area contributed by atoms with Gasteiger partial charge in [-0.25, -0.2) is 0 Å². The van der Waals surface area contributed by atoms with Crippen LogP contribution in [0.2, 0.25) is 0 Å². The van der Waals surface area contributed by atoms with Crippen molar-refractivity contribution in [3.8, 4) is 0 Å². The van der Waals surface area contributed by atoms with Gasteiger partial charge in [-0.05, 0) is 10.3 Å². The molecule has 0 aromatic heterocycles. The van der Waals surface area contributed by atoms with Crippen LogP contribution in [0.3, 0.4) is 0 Å². The predicted octanol–water partition coefficient (Wildman–Crippen LogP) is 5.80. The van der Waals surface area contributed by atoms with E-state index in [2.05, 4.69) is 54.8 Å². The summed E-state index contributed by atoms with van der Waals surface area (Å²) in [6.07, 6.45) is 10.0. The van der Waals surface area contributed by atoms with Gasteiger partial charge < -0.3 is 17.3 Å². The Morgan fingerprint density at radius 1 is 0.708 bits per heavy atom. The van der Waals surface area contributed by atoms with E-state index >= 15 is 0 Å². The number of hydrogen-bond acceptors (Lipinski definition) is 0. The summed E-state index contributed by atoms with van der Waals surface area (Å²) in [4.78, 5) is 0. The molecule has 0 bridgehead atoms. The molecule has 0 saturated heterocycles. The molecule has 1 aliphatic carbocycles. The Morgan fingerprint density at radius 3 is 0.958 bits per heavy atom. The van der Waals surface area contributed by atoms with E-state index in [4.69, 9.17) is 9.30 Å². The molecule has 0 saturated carbocycles. The van der Waals surface area contributed by atoms with E-state index in [0.717, 1.165) is 8.58 Å². The molecular formula is C15H24BF4FeO2P-. The Kier molecular flexibility index (Phi) is 27.7. The Bertz CT molecular complexity index is 334. The monoisotopic (exact) mass is 410 g/mol. The third-order valence-electron chi connectivity index (χ3n) is 1.31. The Morgan fingerprint density at radius 2 is 0.917 bits per heavy atom. The van der Waals surface area contributed by atoms with Gasteiger partial charge >= 0.3 is 29.9 Å². The Hall–Kier alpha value is -0.306. The van der Waals surface area contributed by atoms with Crippen LogP contribution in [0.5, 0.6) is 0 Å². The zero-order chi connectivity index (χ0) is 19.7. The fourth-order valence-electron chi connectivity index (χ4n) is 1.45. The molecule has 141 valence electrons. The molecule has 0 aromatic rings. The summed E-state index contributed by atoms with van der Waals surface area (Å²) >= 11 is 0. The standard InChI is InChI=1S/C8H19P.C5H5.2CO.BF4.Fe/c1-7(2,3)9-8(4,5)6;1-2-4-5-3-1;2*1-2;2-1(3,4)5;/h9H,1-6H3;1-5H;;;;/q;;;;-1;. The van der Waals surface area contributed by atoms with Crippen molar-refractivity contribution >= 4 is 15.8 Å². The average molecular weight is 410 g/mol. The minimum Gasteiger partial charge on any atom is -0.0767 e. The van der Waals surface area contributed by atoms with Crippen molar-refractivity contribution in [2.24, 2.45) is 0 Å². The molecule has 0 aromatic carbocycles. The van der Waals surface area contributed by atoms with Crippen LogP contribution in [-0.4, -0.2) is 17.6 Å². The van der Waals surface area contributed by atoms with Crippen molar-refractivity contribution in [3.05, 3.63) is 44.0 Å². The maximum absolute atomic E-state index is 9.75. The Labute approximate surface area is 155 Å². The quantitative estimate of drug-likeness (QED) is 0.159. The van der Waals surface area contributed by atoms with E-state index in [1.807, 2.05) is 30.7 Å². The molecule has 2 nitrogen and oxygen atoms in total. The van der Waals surface area contributed by atoms with Gasteiger partial charge in [0.05, 0.1) is 0 Å². The Balaban J connectivity index is -0.0000000695. The number of hydrogen-bond donors (Lipinski definition) is 0. The SMILES string of the molecule is CC(C)(C)PC(C)(C)C.F[B-](F)(F)F.[C-]#[O+].[C-]#[O+].[CH]1C=CC=C1.[Fe]. The zero-order valence-electron chi connectivity index (χ0n) is 14.6. The first-order chi connectivity index (χ1) is 10.2. The van der Waals surface area contributed by atoms with Gasteiger partial charge in [0.2, 0.25) is 0 Å². The van der Waals surface area contributed by atoms with Crippen LogP contribution < -0.4 is 0 Å². The summed E-state index contributed by atoms with van der Waals surface area (Å²) in [6, 6.07) is 0. The number of rotatable bonds is 0. The first-order valence-corrected chi connectivity index (χ1v) is 7.45. The average Bonchev–Trinajstić information content (AvgIpc) is 2.85. The van der Waals surface area contributed by atoms with E-state index in [9.17, 15) is 17.3 Å². The summed E-state index contributed by atoms with van der Waals surface area (Å²) in [5.41, 5.74) is 0. The summed E-state index contributed by atoms with van der Waals surface area (Å²) in [6.45, 7) is 22.8. The normalized spacial score (nSPS) is 11.6. The van der Waals surface area contributed by atoms with Crippen LogP contribution >= 0.6 is 8.58 Å². The molecule has 0 heterocycles. The number of halogens is 4. The smallest absolute Gasteiger partial charge is 0.00506 e. The van der Waals surface area contributed by atoms with Gasteiger partial charge in [-0.15, -0.1) is 8.58 Å². The molecule has 0 fully saturated rings. The third-order valence-corrected chi connectivity index (χ3v) is 2.81. The van der Waals surface area contributed by atoms with Crippen molar-refractivity contribution in [1.82, 2.24) is 0 Å². The van der Waals surface area contributed by atoms with Crippen LogP contribution in [0, 0.1) is 19.7 Å².